The van der Waals surface area contributed by atoms with E-state index in [0.29, 0.717) is 5.92 Å². The second-order valence-electron chi connectivity index (χ2n) is 8.09. The van der Waals surface area contributed by atoms with E-state index in [0.717, 1.165) is 24.2 Å². The van der Waals surface area contributed by atoms with Crippen molar-refractivity contribution in [2.75, 3.05) is 6.61 Å². The summed E-state index contributed by atoms with van der Waals surface area (Å²) < 4.78 is 6.06. The van der Waals surface area contributed by atoms with E-state index in [1.54, 1.807) is 0 Å². The number of benzene rings is 1. The molecule has 3 atom stereocenters. The van der Waals surface area contributed by atoms with Crippen LogP contribution in [0.2, 0.25) is 0 Å². The Balaban J connectivity index is 0.00000326. The molecule has 1 aromatic rings. The van der Waals surface area contributed by atoms with Gasteiger partial charge in [0, 0.05) is 0 Å². The van der Waals surface area contributed by atoms with Crippen molar-refractivity contribution in [2.45, 2.75) is 106 Å². The van der Waals surface area contributed by atoms with Crippen LogP contribution in [0.3, 0.4) is 0 Å². The number of hydrogen-bond donors (Lipinski definition) is 0. The zero-order valence-corrected chi connectivity index (χ0v) is 19.3. The minimum absolute atomic E-state index is 0.716. The topological polar surface area (TPSA) is 9.23 Å². The maximum absolute atomic E-state index is 6.06. The molecule has 1 nitrogen and oxygen atoms in total. The van der Waals surface area contributed by atoms with Crippen molar-refractivity contribution in [3.8, 4) is 5.75 Å². The van der Waals surface area contributed by atoms with Crippen LogP contribution >= 0.6 is 0 Å². The fraction of sp³-hybridized carbons (Fsp3) is 0.769. The summed E-state index contributed by atoms with van der Waals surface area (Å²) in [6.45, 7) is 14.3. The standard InChI is InChI=1S/C24H42O.C2H6/c1-5-21(3)14-9-7-10-16-23(17-13-15-22(4)6-2)20-25-24-18-11-8-12-19-24;1-2/h8,11-12,18-19,21-23H,5-7,9-10,13-17,20H2,1-4H3;1-2H3. The van der Waals surface area contributed by atoms with Gasteiger partial charge in [-0.3, -0.25) is 0 Å². The summed E-state index contributed by atoms with van der Waals surface area (Å²) in [6.07, 6.45) is 13.5. The minimum atomic E-state index is 0.716. The first-order valence-electron chi connectivity index (χ1n) is 11.8. The van der Waals surface area contributed by atoms with Crippen LogP contribution in [-0.2, 0) is 0 Å². The van der Waals surface area contributed by atoms with Crippen molar-refractivity contribution in [1.82, 2.24) is 0 Å². The van der Waals surface area contributed by atoms with Crippen LogP contribution in [0.5, 0.6) is 5.75 Å². The van der Waals surface area contributed by atoms with Gasteiger partial charge in [0.15, 0.2) is 0 Å². The highest BCUT2D eigenvalue weighted by atomic mass is 16.5. The summed E-state index contributed by atoms with van der Waals surface area (Å²) >= 11 is 0. The Morgan fingerprint density at radius 1 is 0.704 bits per heavy atom. The Hall–Kier alpha value is -0.980. The second kappa shape index (κ2) is 18.4. The molecule has 0 saturated carbocycles. The van der Waals surface area contributed by atoms with Gasteiger partial charge >= 0.3 is 0 Å². The number of rotatable bonds is 15. The van der Waals surface area contributed by atoms with Gasteiger partial charge in [-0.05, 0) is 42.7 Å². The first-order valence-corrected chi connectivity index (χ1v) is 11.8. The van der Waals surface area contributed by atoms with Crippen molar-refractivity contribution >= 4 is 0 Å². The smallest absolute Gasteiger partial charge is 0.119 e. The molecule has 1 rings (SSSR count). The van der Waals surface area contributed by atoms with Crippen LogP contribution in [0.4, 0.5) is 0 Å². The molecule has 0 saturated heterocycles. The third kappa shape index (κ3) is 14.7. The molecule has 3 unspecified atom stereocenters. The SMILES string of the molecule is CC.CCC(C)CCCCCC(CCCC(C)CC)COc1ccccc1. The molecule has 0 bridgehead atoms. The molecule has 0 spiro atoms. The molecule has 0 aromatic heterocycles. The first-order chi connectivity index (χ1) is 13.2. The molecule has 158 valence electrons. The summed E-state index contributed by atoms with van der Waals surface area (Å²) in [6, 6.07) is 10.3. The van der Waals surface area contributed by atoms with Gasteiger partial charge in [-0.1, -0.05) is 111 Å². The molecule has 0 amide bonds. The van der Waals surface area contributed by atoms with Crippen molar-refractivity contribution in [3.63, 3.8) is 0 Å². The van der Waals surface area contributed by atoms with Gasteiger partial charge in [0.2, 0.25) is 0 Å². The van der Waals surface area contributed by atoms with Crippen LogP contribution in [0.1, 0.15) is 106 Å². The fourth-order valence-corrected chi connectivity index (χ4v) is 3.31. The van der Waals surface area contributed by atoms with E-state index in [1.807, 2.05) is 19.9 Å². The van der Waals surface area contributed by atoms with E-state index >= 15 is 0 Å². The molecule has 1 aromatic carbocycles. The fourth-order valence-electron chi connectivity index (χ4n) is 3.31. The van der Waals surface area contributed by atoms with E-state index in [9.17, 15) is 0 Å². The lowest BCUT2D eigenvalue weighted by Crippen LogP contribution is -2.13. The van der Waals surface area contributed by atoms with Gasteiger partial charge in [0.1, 0.15) is 5.75 Å². The molecule has 27 heavy (non-hydrogen) atoms. The van der Waals surface area contributed by atoms with Gasteiger partial charge in [0.05, 0.1) is 6.61 Å². The zero-order valence-electron chi connectivity index (χ0n) is 19.3. The average molecular weight is 377 g/mol. The maximum atomic E-state index is 6.06. The number of hydrogen-bond acceptors (Lipinski definition) is 1. The molecule has 0 aliphatic rings. The van der Waals surface area contributed by atoms with Crippen molar-refractivity contribution in [1.29, 1.82) is 0 Å². The minimum Gasteiger partial charge on any atom is -0.493 e. The summed E-state index contributed by atoms with van der Waals surface area (Å²) in [4.78, 5) is 0. The van der Waals surface area contributed by atoms with E-state index in [2.05, 4.69) is 52.0 Å². The van der Waals surface area contributed by atoms with Crippen LogP contribution < -0.4 is 4.74 Å². The Morgan fingerprint density at radius 2 is 1.22 bits per heavy atom. The van der Waals surface area contributed by atoms with Crippen LogP contribution in [0.15, 0.2) is 30.3 Å². The Morgan fingerprint density at radius 3 is 1.81 bits per heavy atom. The average Bonchev–Trinajstić information content (AvgIpc) is 2.72. The monoisotopic (exact) mass is 376 g/mol. The lowest BCUT2D eigenvalue weighted by Gasteiger charge is -2.19. The lowest BCUT2D eigenvalue weighted by molar-refractivity contribution is 0.222. The summed E-state index contributed by atoms with van der Waals surface area (Å²) in [5, 5.41) is 0. The van der Waals surface area contributed by atoms with E-state index in [-0.39, 0.29) is 0 Å². The van der Waals surface area contributed by atoms with Crippen molar-refractivity contribution in [2.24, 2.45) is 17.8 Å². The lowest BCUT2D eigenvalue weighted by atomic mass is 9.92. The predicted octanol–water partition coefficient (Wildman–Crippen LogP) is 8.92. The van der Waals surface area contributed by atoms with Crippen LogP contribution in [0.25, 0.3) is 0 Å². The Bertz CT molecular complexity index is 400. The quantitative estimate of drug-likeness (QED) is 0.278. The van der Waals surface area contributed by atoms with Gasteiger partial charge in [0.25, 0.3) is 0 Å². The second-order valence-corrected chi connectivity index (χ2v) is 8.09. The molecule has 0 fully saturated rings. The van der Waals surface area contributed by atoms with E-state index in [1.165, 1.54) is 64.2 Å². The van der Waals surface area contributed by atoms with Gasteiger partial charge in [-0.15, -0.1) is 0 Å². The summed E-state index contributed by atoms with van der Waals surface area (Å²) in [7, 11) is 0. The molecule has 0 N–H and O–H groups in total. The van der Waals surface area contributed by atoms with E-state index < -0.39 is 0 Å². The van der Waals surface area contributed by atoms with Gasteiger partial charge < -0.3 is 4.74 Å². The van der Waals surface area contributed by atoms with Crippen LogP contribution in [0, 0.1) is 17.8 Å². The number of para-hydroxylation sites is 1. The van der Waals surface area contributed by atoms with Crippen molar-refractivity contribution in [3.05, 3.63) is 30.3 Å². The third-order valence-electron chi connectivity index (χ3n) is 5.74. The number of ether oxygens (including phenoxy) is 1. The normalized spacial score (nSPS) is 14.0. The molecule has 0 radical (unpaired) electrons. The predicted molar refractivity (Wildman–Crippen MR) is 123 cm³/mol. The highest BCUT2D eigenvalue weighted by Gasteiger charge is 2.11. The Kier molecular flexibility index (Phi) is 17.7. The summed E-state index contributed by atoms with van der Waals surface area (Å²) in [5.74, 6) is 3.50. The molecule has 0 heterocycles. The first kappa shape index (κ1) is 26.0. The molecule has 1 heteroatoms. The highest BCUT2D eigenvalue weighted by molar-refractivity contribution is 5.20. The third-order valence-corrected chi connectivity index (χ3v) is 5.74. The van der Waals surface area contributed by atoms with Crippen molar-refractivity contribution < 1.29 is 4.74 Å². The Labute approximate surface area is 171 Å². The highest BCUT2D eigenvalue weighted by Crippen LogP contribution is 2.22. The van der Waals surface area contributed by atoms with E-state index in [4.69, 9.17) is 4.74 Å². The van der Waals surface area contributed by atoms with Gasteiger partial charge in [-0.2, -0.15) is 0 Å². The summed E-state index contributed by atoms with van der Waals surface area (Å²) in [5.41, 5.74) is 0. The number of unbranched alkanes of at least 4 members (excludes halogenated alkanes) is 2. The van der Waals surface area contributed by atoms with Gasteiger partial charge in [-0.25, -0.2) is 0 Å². The zero-order chi connectivity index (χ0) is 20.3. The molecule has 0 aliphatic carbocycles. The maximum Gasteiger partial charge on any atom is 0.119 e. The molecular weight excluding hydrogens is 328 g/mol. The molecule has 0 aliphatic heterocycles. The van der Waals surface area contributed by atoms with Crippen LogP contribution in [-0.4, -0.2) is 6.61 Å². The largest absolute Gasteiger partial charge is 0.493 e. The molecular formula is C26H48O.